The molecular weight excluding hydrogens is 248 g/mol. The number of halogens is 1. The van der Waals surface area contributed by atoms with E-state index in [-0.39, 0.29) is 17.9 Å². The maximum atomic E-state index is 11.3. The molecule has 0 aliphatic carbocycles. The van der Waals surface area contributed by atoms with Crippen molar-refractivity contribution in [2.24, 2.45) is 0 Å². The van der Waals surface area contributed by atoms with Gasteiger partial charge in [-0.1, -0.05) is 0 Å². The quantitative estimate of drug-likeness (QED) is 0.598. The second-order valence-corrected chi connectivity index (χ2v) is 3.17. The first-order valence-electron chi connectivity index (χ1n) is 3.92. The molecule has 0 atom stereocenters. The normalized spacial score (nSPS) is 9.21. The molecule has 0 bridgehead atoms. The molecule has 0 fully saturated rings. The minimum atomic E-state index is -0.524. The number of esters is 1. The van der Waals surface area contributed by atoms with Crippen LogP contribution in [0.2, 0.25) is 0 Å². The third-order valence-electron chi connectivity index (χ3n) is 1.46. The summed E-state index contributed by atoms with van der Waals surface area (Å²) in [5.74, 6) is -0.524. The molecular formula is C9H7BrN2O2. The van der Waals surface area contributed by atoms with Crippen LogP contribution in [-0.2, 0) is 4.74 Å². The molecule has 1 aromatic rings. The fourth-order valence-electron chi connectivity index (χ4n) is 0.894. The highest BCUT2D eigenvalue weighted by atomic mass is 79.9. The Hall–Kier alpha value is -1.41. The zero-order valence-electron chi connectivity index (χ0n) is 7.45. The smallest absolute Gasteiger partial charge is 0.341 e. The topological polar surface area (TPSA) is 63.0 Å². The lowest BCUT2D eigenvalue weighted by molar-refractivity contribution is 0.0525. The maximum Gasteiger partial charge on any atom is 0.341 e. The number of hydrogen-bond donors (Lipinski definition) is 0. The first kappa shape index (κ1) is 10.7. The zero-order chi connectivity index (χ0) is 10.6. The minimum Gasteiger partial charge on any atom is -0.462 e. The summed E-state index contributed by atoms with van der Waals surface area (Å²) < 4.78 is 5.28. The molecule has 0 radical (unpaired) electrons. The molecule has 1 rings (SSSR count). The van der Waals surface area contributed by atoms with Crippen molar-refractivity contribution < 1.29 is 9.53 Å². The Balaban J connectivity index is 3.09. The van der Waals surface area contributed by atoms with Crippen LogP contribution in [0, 0.1) is 11.3 Å². The first-order chi connectivity index (χ1) is 6.69. The van der Waals surface area contributed by atoms with Crippen LogP contribution in [-0.4, -0.2) is 17.6 Å². The van der Waals surface area contributed by atoms with Crippen molar-refractivity contribution >= 4 is 21.9 Å². The number of aromatic nitrogens is 1. The largest absolute Gasteiger partial charge is 0.462 e. The van der Waals surface area contributed by atoms with E-state index in [0.29, 0.717) is 4.60 Å². The number of ether oxygens (including phenoxy) is 1. The first-order valence-corrected chi connectivity index (χ1v) is 4.72. The Morgan fingerprint density at radius 1 is 1.71 bits per heavy atom. The molecule has 0 aliphatic heterocycles. The summed E-state index contributed by atoms with van der Waals surface area (Å²) in [7, 11) is 0. The van der Waals surface area contributed by atoms with Crippen molar-refractivity contribution in [1.29, 1.82) is 5.26 Å². The van der Waals surface area contributed by atoms with Crippen LogP contribution in [0.5, 0.6) is 0 Å². The van der Waals surface area contributed by atoms with Gasteiger partial charge >= 0.3 is 5.97 Å². The molecule has 0 unspecified atom stereocenters. The maximum absolute atomic E-state index is 11.3. The molecule has 0 saturated heterocycles. The third-order valence-corrected chi connectivity index (χ3v) is 1.90. The van der Waals surface area contributed by atoms with Crippen LogP contribution in [0.1, 0.15) is 23.0 Å². The summed E-state index contributed by atoms with van der Waals surface area (Å²) in [5, 5.41) is 8.72. The SMILES string of the molecule is CCOC(=O)c1ccc(Br)nc1C#N. The van der Waals surface area contributed by atoms with Crippen molar-refractivity contribution in [3.63, 3.8) is 0 Å². The lowest BCUT2D eigenvalue weighted by Gasteiger charge is -2.02. The van der Waals surface area contributed by atoms with E-state index in [1.165, 1.54) is 6.07 Å². The molecule has 14 heavy (non-hydrogen) atoms. The lowest BCUT2D eigenvalue weighted by Crippen LogP contribution is -2.08. The van der Waals surface area contributed by atoms with Gasteiger partial charge in [0.05, 0.1) is 12.2 Å². The van der Waals surface area contributed by atoms with E-state index < -0.39 is 5.97 Å². The van der Waals surface area contributed by atoms with Gasteiger partial charge in [0, 0.05) is 0 Å². The molecule has 0 amide bonds. The van der Waals surface area contributed by atoms with Crippen LogP contribution in [0.25, 0.3) is 0 Å². The van der Waals surface area contributed by atoms with Crippen LogP contribution < -0.4 is 0 Å². The summed E-state index contributed by atoms with van der Waals surface area (Å²) in [6.07, 6.45) is 0. The molecule has 1 heterocycles. The molecule has 72 valence electrons. The van der Waals surface area contributed by atoms with Gasteiger partial charge in [-0.2, -0.15) is 5.26 Å². The van der Waals surface area contributed by atoms with Crippen molar-refractivity contribution in [2.75, 3.05) is 6.61 Å². The van der Waals surface area contributed by atoms with E-state index in [9.17, 15) is 4.79 Å². The number of hydrogen-bond acceptors (Lipinski definition) is 4. The molecule has 0 spiro atoms. The molecule has 0 aliphatic rings. The predicted octanol–water partition coefficient (Wildman–Crippen LogP) is 1.89. The third kappa shape index (κ3) is 2.30. The van der Waals surface area contributed by atoms with E-state index in [0.717, 1.165) is 0 Å². The molecule has 0 saturated carbocycles. The van der Waals surface area contributed by atoms with E-state index in [4.69, 9.17) is 10.00 Å². The fourth-order valence-corrected chi connectivity index (χ4v) is 1.20. The van der Waals surface area contributed by atoms with Crippen LogP contribution in [0.3, 0.4) is 0 Å². The molecule has 5 heteroatoms. The number of carbonyl (C=O) groups is 1. The average molecular weight is 255 g/mol. The fraction of sp³-hybridized carbons (Fsp3) is 0.222. The minimum absolute atomic E-state index is 0.0674. The van der Waals surface area contributed by atoms with Gasteiger partial charge in [-0.25, -0.2) is 9.78 Å². The highest BCUT2D eigenvalue weighted by molar-refractivity contribution is 9.10. The van der Waals surface area contributed by atoms with Gasteiger partial charge in [0.1, 0.15) is 10.7 Å². The van der Waals surface area contributed by atoms with E-state index in [2.05, 4.69) is 20.9 Å². The van der Waals surface area contributed by atoms with Crippen molar-refractivity contribution in [3.8, 4) is 6.07 Å². The van der Waals surface area contributed by atoms with Crippen LogP contribution in [0.15, 0.2) is 16.7 Å². The Morgan fingerprint density at radius 3 is 3.00 bits per heavy atom. The number of rotatable bonds is 2. The summed E-state index contributed by atoms with van der Waals surface area (Å²) in [6.45, 7) is 1.98. The Labute approximate surface area is 89.6 Å². The molecule has 0 aromatic carbocycles. The zero-order valence-corrected chi connectivity index (χ0v) is 9.04. The van der Waals surface area contributed by atoms with E-state index in [1.807, 2.05) is 6.07 Å². The highest BCUT2D eigenvalue weighted by Crippen LogP contribution is 2.12. The monoisotopic (exact) mass is 254 g/mol. The second-order valence-electron chi connectivity index (χ2n) is 2.36. The van der Waals surface area contributed by atoms with Crippen LogP contribution in [0.4, 0.5) is 0 Å². The number of carbonyl (C=O) groups excluding carboxylic acids is 1. The van der Waals surface area contributed by atoms with Crippen LogP contribution >= 0.6 is 15.9 Å². The molecule has 1 aromatic heterocycles. The summed E-state index contributed by atoms with van der Waals surface area (Å²) in [5.41, 5.74) is 0.260. The number of pyridine rings is 1. The lowest BCUT2D eigenvalue weighted by atomic mass is 10.2. The van der Waals surface area contributed by atoms with E-state index >= 15 is 0 Å². The van der Waals surface area contributed by atoms with Gasteiger partial charge < -0.3 is 4.74 Å². The number of nitriles is 1. The highest BCUT2D eigenvalue weighted by Gasteiger charge is 2.13. The summed E-state index contributed by atoms with van der Waals surface area (Å²) in [4.78, 5) is 15.2. The van der Waals surface area contributed by atoms with Gasteiger partial charge in [0.25, 0.3) is 0 Å². The van der Waals surface area contributed by atoms with Gasteiger partial charge in [-0.3, -0.25) is 0 Å². The van der Waals surface area contributed by atoms with Crippen molar-refractivity contribution in [3.05, 3.63) is 28.0 Å². The van der Waals surface area contributed by atoms with Gasteiger partial charge in [-0.05, 0) is 35.0 Å². The molecule has 4 nitrogen and oxygen atoms in total. The van der Waals surface area contributed by atoms with Gasteiger partial charge in [-0.15, -0.1) is 0 Å². The Bertz CT molecular complexity index is 398. The summed E-state index contributed by atoms with van der Waals surface area (Å²) in [6, 6.07) is 4.93. The van der Waals surface area contributed by atoms with Crippen molar-refractivity contribution in [2.45, 2.75) is 6.92 Å². The van der Waals surface area contributed by atoms with Crippen molar-refractivity contribution in [1.82, 2.24) is 4.98 Å². The van der Waals surface area contributed by atoms with Gasteiger partial charge in [0.15, 0.2) is 5.69 Å². The Morgan fingerprint density at radius 2 is 2.43 bits per heavy atom. The standard InChI is InChI=1S/C9H7BrN2O2/c1-2-14-9(13)6-3-4-8(10)12-7(6)5-11/h3-4H,2H2,1H3. The van der Waals surface area contributed by atoms with Gasteiger partial charge in [0.2, 0.25) is 0 Å². The molecule has 0 N–H and O–H groups in total. The van der Waals surface area contributed by atoms with E-state index in [1.54, 1.807) is 13.0 Å². The number of nitrogens with zero attached hydrogens (tertiary/aromatic N) is 2. The average Bonchev–Trinajstić information content (AvgIpc) is 2.17. The Kier molecular flexibility index (Phi) is 3.60. The second kappa shape index (κ2) is 4.72. The predicted molar refractivity (Wildman–Crippen MR) is 52.6 cm³/mol. The summed E-state index contributed by atoms with van der Waals surface area (Å²) >= 11 is 3.11.